The first kappa shape index (κ1) is 21.4. The molecule has 0 fully saturated rings. The maximum atomic E-state index is 12.9. The standard InChI is InChI=1S/C26H23N5O3/c1-17-8-13-21-27-24(18-6-4-3-5-7-18)26(31(21)16-17)28-22(32)14-15-23-29-25(30-34-23)19-9-11-20(33-2)12-10-19/h3-13,16H,14-15H2,1-2H3,(H,28,32). The van der Waals surface area contributed by atoms with Crippen molar-refractivity contribution in [2.75, 3.05) is 12.4 Å². The molecule has 0 saturated heterocycles. The molecule has 0 unspecified atom stereocenters. The smallest absolute Gasteiger partial charge is 0.227 e. The van der Waals surface area contributed by atoms with Crippen LogP contribution in [0.1, 0.15) is 17.9 Å². The number of nitrogens with zero attached hydrogens (tertiary/aromatic N) is 4. The predicted molar refractivity (Wildman–Crippen MR) is 129 cm³/mol. The largest absolute Gasteiger partial charge is 0.497 e. The number of rotatable bonds is 7. The van der Waals surface area contributed by atoms with Crippen molar-refractivity contribution in [2.45, 2.75) is 19.8 Å². The van der Waals surface area contributed by atoms with Crippen LogP contribution in [0.2, 0.25) is 0 Å². The summed E-state index contributed by atoms with van der Waals surface area (Å²) in [6.07, 6.45) is 2.48. The second-order valence-electron chi connectivity index (χ2n) is 7.90. The first-order valence-electron chi connectivity index (χ1n) is 10.9. The first-order valence-corrected chi connectivity index (χ1v) is 10.9. The van der Waals surface area contributed by atoms with Crippen LogP contribution >= 0.6 is 0 Å². The maximum Gasteiger partial charge on any atom is 0.227 e. The Morgan fingerprint density at radius 3 is 2.56 bits per heavy atom. The zero-order valence-corrected chi connectivity index (χ0v) is 18.9. The molecule has 5 aromatic rings. The number of methoxy groups -OCH3 is 1. The third-order valence-electron chi connectivity index (χ3n) is 5.45. The molecule has 0 saturated carbocycles. The number of ether oxygens (including phenoxy) is 1. The van der Waals surface area contributed by atoms with Gasteiger partial charge in [-0.05, 0) is 42.8 Å². The summed E-state index contributed by atoms with van der Waals surface area (Å²) in [5, 5.41) is 7.07. The fourth-order valence-corrected chi connectivity index (χ4v) is 3.70. The number of anilines is 1. The molecule has 0 radical (unpaired) electrons. The fourth-order valence-electron chi connectivity index (χ4n) is 3.70. The second kappa shape index (κ2) is 9.19. The minimum atomic E-state index is -0.162. The fraction of sp³-hybridized carbons (Fsp3) is 0.154. The van der Waals surface area contributed by atoms with Crippen LogP contribution in [0.4, 0.5) is 5.82 Å². The van der Waals surface area contributed by atoms with E-state index in [0.717, 1.165) is 33.8 Å². The van der Waals surface area contributed by atoms with Crippen molar-refractivity contribution in [3.05, 3.63) is 84.4 Å². The van der Waals surface area contributed by atoms with Crippen molar-refractivity contribution in [1.82, 2.24) is 19.5 Å². The molecule has 0 aliphatic heterocycles. The zero-order valence-electron chi connectivity index (χ0n) is 18.9. The average molecular weight is 454 g/mol. The quantitative estimate of drug-likeness (QED) is 0.375. The van der Waals surface area contributed by atoms with Crippen LogP contribution < -0.4 is 10.1 Å². The Balaban J connectivity index is 1.33. The van der Waals surface area contributed by atoms with E-state index in [9.17, 15) is 4.79 Å². The summed E-state index contributed by atoms with van der Waals surface area (Å²) in [5.41, 5.74) is 4.30. The van der Waals surface area contributed by atoms with Crippen molar-refractivity contribution in [2.24, 2.45) is 0 Å². The number of imidazole rings is 1. The van der Waals surface area contributed by atoms with Crippen molar-refractivity contribution in [1.29, 1.82) is 0 Å². The Labute approximate surface area is 196 Å². The van der Waals surface area contributed by atoms with Crippen LogP contribution in [0.25, 0.3) is 28.3 Å². The number of hydrogen-bond donors (Lipinski definition) is 1. The van der Waals surface area contributed by atoms with E-state index < -0.39 is 0 Å². The Morgan fingerprint density at radius 1 is 1.00 bits per heavy atom. The van der Waals surface area contributed by atoms with Gasteiger partial charge < -0.3 is 14.6 Å². The van der Waals surface area contributed by atoms with E-state index in [-0.39, 0.29) is 12.3 Å². The van der Waals surface area contributed by atoms with Crippen LogP contribution in [-0.2, 0) is 11.2 Å². The van der Waals surface area contributed by atoms with Gasteiger partial charge in [-0.3, -0.25) is 9.20 Å². The van der Waals surface area contributed by atoms with E-state index >= 15 is 0 Å². The van der Waals surface area contributed by atoms with Gasteiger partial charge in [-0.25, -0.2) is 4.98 Å². The molecule has 3 heterocycles. The number of aromatic nitrogens is 4. The molecule has 1 amide bonds. The van der Waals surface area contributed by atoms with Crippen LogP contribution in [0.15, 0.2) is 77.4 Å². The molecule has 0 aliphatic rings. The number of carbonyl (C=O) groups excluding carboxylic acids is 1. The van der Waals surface area contributed by atoms with E-state index in [1.807, 2.05) is 84.3 Å². The molecule has 0 bridgehead atoms. The maximum absolute atomic E-state index is 12.9. The minimum absolute atomic E-state index is 0.162. The number of pyridine rings is 1. The molecule has 3 aromatic heterocycles. The molecule has 34 heavy (non-hydrogen) atoms. The number of nitrogens with one attached hydrogen (secondary N) is 1. The van der Waals surface area contributed by atoms with E-state index in [2.05, 4.69) is 15.5 Å². The van der Waals surface area contributed by atoms with Crippen molar-refractivity contribution in [3.63, 3.8) is 0 Å². The van der Waals surface area contributed by atoms with Crippen molar-refractivity contribution in [3.8, 4) is 28.4 Å². The highest BCUT2D eigenvalue weighted by atomic mass is 16.5. The molecule has 0 spiro atoms. The number of fused-ring (bicyclic) bond motifs is 1. The normalized spacial score (nSPS) is 11.0. The molecule has 8 nitrogen and oxygen atoms in total. The highest BCUT2D eigenvalue weighted by Crippen LogP contribution is 2.29. The van der Waals surface area contributed by atoms with Gasteiger partial charge in [-0.2, -0.15) is 4.98 Å². The summed E-state index contributed by atoms with van der Waals surface area (Å²) in [5.74, 6) is 2.10. The number of benzene rings is 2. The molecule has 170 valence electrons. The Hall–Kier alpha value is -4.46. The van der Waals surface area contributed by atoms with Gasteiger partial charge in [0.2, 0.25) is 17.6 Å². The topological polar surface area (TPSA) is 94.5 Å². The van der Waals surface area contributed by atoms with Gasteiger partial charge >= 0.3 is 0 Å². The lowest BCUT2D eigenvalue weighted by Crippen LogP contribution is -2.14. The molecule has 0 atom stereocenters. The van der Waals surface area contributed by atoms with E-state index in [4.69, 9.17) is 14.2 Å². The Kier molecular flexibility index (Phi) is 5.78. The summed E-state index contributed by atoms with van der Waals surface area (Å²) in [7, 11) is 1.61. The van der Waals surface area contributed by atoms with Gasteiger partial charge in [0.15, 0.2) is 0 Å². The molecule has 0 aliphatic carbocycles. The third-order valence-corrected chi connectivity index (χ3v) is 5.45. The highest BCUT2D eigenvalue weighted by Gasteiger charge is 2.17. The van der Waals surface area contributed by atoms with Crippen LogP contribution in [-0.4, -0.2) is 32.5 Å². The average Bonchev–Trinajstić information content (AvgIpc) is 3.48. The molecule has 5 rings (SSSR count). The first-order chi connectivity index (χ1) is 16.6. The van der Waals surface area contributed by atoms with Gasteiger partial charge in [0.1, 0.15) is 22.9 Å². The van der Waals surface area contributed by atoms with Crippen LogP contribution in [0, 0.1) is 6.92 Å². The van der Waals surface area contributed by atoms with Gasteiger partial charge in [-0.15, -0.1) is 0 Å². The Morgan fingerprint density at radius 2 is 1.79 bits per heavy atom. The molecule has 8 heteroatoms. The molecule has 2 aromatic carbocycles. The lowest BCUT2D eigenvalue weighted by atomic mass is 10.1. The van der Waals surface area contributed by atoms with Gasteiger partial charge in [0.05, 0.1) is 7.11 Å². The lowest BCUT2D eigenvalue weighted by molar-refractivity contribution is -0.116. The monoisotopic (exact) mass is 453 g/mol. The van der Waals surface area contributed by atoms with E-state index in [0.29, 0.717) is 24.0 Å². The molecular weight excluding hydrogens is 430 g/mol. The summed E-state index contributed by atoms with van der Waals surface area (Å²) in [6.45, 7) is 2.00. The zero-order chi connectivity index (χ0) is 23.5. The summed E-state index contributed by atoms with van der Waals surface area (Å²) in [6, 6.07) is 21.1. The minimum Gasteiger partial charge on any atom is -0.497 e. The molecular formula is C26H23N5O3. The number of carbonyl (C=O) groups is 1. The van der Waals surface area contributed by atoms with Crippen molar-refractivity contribution >= 4 is 17.4 Å². The van der Waals surface area contributed by atoms with E-state index in [1.165, 1.54) is 0 Å². The third kappa shape index (κ3) is 4.38. The molecule has 1 N–H and O–H groups in total. The van der Waals surface area contributed by atoms with E-state index in [1.54, 1.807) is 7.11 Å². The number of aryl methyl sites for hydroxylation is 2. The Bertz CT molecular complexity index is 1440. The summed E-state index contributed by atoms with van der Waals surface area (Å²) < 4.78 is 12.4. The van der Waals surface area contributed by atoms with Crippen LogP contribution in [0.3, 0.4) is 0 Å². The lowest BCUT2D eigenvalue weighted by Gasteiger charge is -2.08. The summed E-state index contributed by atoms with van der Waals surface area (Å²) in [4.78, 5) is 22.0. The van der Waals surface area contributed by atoms with Crippen LogP contribution in [0.5, 0.6) is 5.75 Å². The van der Waals surface area contributed by atoms with Crippen molar-refractivity contribution < 1.29 is 14.1 Å². The van der Waals surface area contributed by atoms with Gasteiger partial charge in [0, 0.05) is 30.2 Å². The number of amides is 1. The SMILES string of the molecule is COc1ccc(-c2noc(CCC(=O)Nc3c(-c4ccccc4)nc4ccc(C)cn34)n2)cc1. The summed E-state index contributed by atoms with van der Waals surface area (Å²) >= 11 is 0. The predicted octanol–water partition coefficient (Wildman–Crippen LogP) is 4.94. The van der Waals surface area contributed by atoms with Gasteiger partial charge in [0.25, 0.3) is 0 Å². The number of hydrogen-bond acceptors (Lipinski definition) is 6. The van der Waals surface area contributed by atoms with Gasteiger partial charge in [-0.1, -0.05) is 41.6 Å². The highest BCUT2D eigenvalue weighted by molar-refractivity contribution is 5.94. The second-order valence-corrected chi connectivity index (χ2v) is 7.90.